The predicted octanol–water partition coefficient (Wildman–Crippen LogP) is 4.54. The first-order valence-corrected chi connectivity index (χ1v) is 15.7. The van der Waals surface area contributed by atoms with E-state index in [9.17, 15) is 30.0 Å². The van der Waals surface area contributed by atoms with Crippen LogP contribution in [0.4, 0.5) is 11.6 Å². The molecule has 0 saturated carbocycles. The van der Waals surface area contributed by atoms with Gasteiger partial charge in [-0.05, 0) is 48.2 Å². The molecule has 48 heavy (non-hydrogen) atoms. The third-order valence-corrected chi connectivity index (χ3v) is 7.79. The lowest BCUT2D eigenvalue weighted by molar-refractivity contribution is 0.0686. The molecule has 0 aliphatic rings. The zero-order valence-corrected chi connectivity index (χ0v) is 27.2. The molecule has 12 heteroatoms. The summed E-state index contributed by atoms with van der Waals surface area (Å²) in [6, 6.07) is 20.9. The number of methoxy groups -OCH3 is 2. The summed E-state index contributed by atoms with van der Waals surface area (Å²) in [6.07, 6.45) is 0.926. The molecular formula is C36H42N4O8. The van der Waals surface area contributed by atoms with Gasteiger partial charge in [-0.25, -0.2) is 19.6 Å². The number of ether oxygens (including phenoxy) is 2. The molecule has 12 nitrogen and oxygen atoms in total. The Morgan fingerprint density at radius 3 is 1.25 bits per heavy atom. The number of hydrogen-bond donors (Lipinski definition) is 4. The largest absolute Gasteiger partial charge is 0.478 e. The number of carbonyl (C=O) groups is 2. The molecule has 0 aliphatic heterocycles. The van der Waals surface area contributed by atoms with Crippen LogP contribution < -0.4 is 9.80 Å². The maximum absolute atomic E-state index is 11.6. The summed E-state index contributed by atoms with van der Waals surface area (Å²) < 4.78 is 10.9. The summed E-state index contributed by atoms with van der Waals surface area (Å²) in [7, 11) is 3.25. The number of carboxylic acids is 2. The fraction of sp³-hybridized carbons (Fsp3) is 0.333. The summed E-state index contributed by atoms with van der Waals surface area (Å²) in [5, 5.41) is 38.2. The van der Waals surface area contributed by atoms with E-state index in [2.05, 4.69) is 0 Å². The Morgan fingerprint density at radius 1 is 0.562 bits per heavy atom. The highest BCUT2D eigenvalue weighted by atomic mass is 16.5. The third kappa shape index (κ3) is 9.14. The zero-order valence-electron chi connectivity index (χ0n) is 27.2. The van der Waals surface area contributed by atoms with Gasteiger partial charge in [0.1, 0.15) is 11.4 Å². The number of carboxylic acid groups (broad SMARTS) is 2. The molecule has 0 atom stereocenters. The molecule has 0 aliphatic carbocycles. The van der Waals surface area contributed by atoms with Gasteiger partial charge in [-0.2, -0.15) is 0 Å². The highest BCUT2D eigenvalue weighted by molar-refractivity contribution is 5.90. The maximum atomic E-state index is 11.6. The van der Waals surface area contributed by atoms with Gasteiger partial charge in [0.05, 0.1) is 24.3 Å². The van der Waals surface area contributed by atoms with Gasteiger partial charge in [0.25, 0.3) is 0 Å². The van der Waals surface area contributed by atoms with Crippen molar-refractivity contribution in [1.82, 2.24) is 9.97 Å². The quantitative estimate of drug-likeness (QED) is 0.111. The average Bonchev–Trinajstić information content (AvgIpc) is 3.11. The number of hydrogen-bond acceptors (Lipinski definition) is 10. The minimum absolute atomic E-state index is 0.0344. The molecular weight excluding hydrogens is 616 g/mol. The Kier molecular flexibility index (Phi) is 13.4. The Balaban J connectivity index is 1.94. The first kappa shape index (κ1) is 36.0. The number of aliphatic hydroxyl groups is 2. The molecule has 4 rings (SSSR count). The molecule has 0 amide bonds. The smallest absolute Gasteiger partial charge is 0.335 e. The second-order valence-corrected chi connectivity index (χ2v) is 11.0. The predicted molar refractivity (Wildman–Crippen MR) is 184 cm³/mol. The van der Waals surface area contributed by atoms with E-state index in [4.69, 9.17) is 19.4 Å². The molecule has 0 fully saturated rings. The fourth-order valence-electron chi connectivity index (χ4n) is 5.22. The summed E-state index contributed by atoms with van der Waals surface area (Å²) in [5.74, 6) is -0.917. The molecule has 0 spiro atoms. The van der Waals surface area contributed by atoms with Gasteiger partial charge in [0.15, 0.2) is 11.6 Å². The Morgan fingerprint density at radius 2 is 0.896 bits per heavy atom. The van der Waals surface area contributed by atoms with E-state index in [1.807, 2.05) is 34.1 Å². The summed E-state index contributed by atoms with van der Waals surface area (Å²) in [6.45, 7) is 2.65. The Bertz CT molecular complexity index is 1610. The first-order chi connectivity index (χ1) is 23.3. The van der Waals surface area contributed by atoms with Crippen molar-refractivity contribution >= 4 is 23.6 Å². The van der Waals surface area contributed by atoms with Crippen LogP contribution in [-0.2, 0) is 9.47 Å². The number of aliphatic hydroxyl groups excluding tert-OH is 2. The van der Waals surface area contributed by atoms with Gasteiger partial charge in [0, 0.05) is 64.7 Å². The van der Waals surface area contributed by atoms with Crippen LogP contribution in [-0.4, -0.2) is 109 Å². The van der Waals surface area contributed by atoms with Gasteiger partial charge in [0.2, 0.25) is 0 Å². The third-order valence-electron chi connectivity index (χ3n) is 7.79. The van der Waals surface area contributed by atoms with Crippen LogP contribution in [0, 0.1) is 0 Å². The number of rotatable bonds is 19. The topological polar surface area (TPSA) is 166 Å². The lowest BCUT2D eigenvalue weighted by atomic mass is 10.0. The fourth-order valence-corrected chi connectivity index (χ4v) is 5.22. The van der Waals surface area contributed by atoms with Crippen LogP contribution >= 0.6 is 0 Å². The van der Waals surface area contributed by atoms with Gasteiger partial charge in [-0.3, -0.25) is 0 Å². The van der Waals surface area contributed by atoms with Crippen LogP contribution in [0.5, 0.6) is 0 Å². The van der Waals surface area contributed by atoms with Crippen LogP contribution in [0.1, 0.15) is 33.6 Å². The summed E-state index contributed by atoms with van der Waals surface area (Å²) in [4.78, 5) is 37.5. The van der Waals surface area contributed by atoms with Crippen molar-refractivity contribution in [3.63, 3.8) is 0 Å². The summed E-state index contributed by atoms with van der Waals surface area (Å²) >= 11 is 0. The van der Waals surface area contributed by atoms with E-state index in [0.29, 0.717) is 80.8 Å². The highest BCUT2D eigenvalue weighted by Gasteiger charge is 2.24. The van der Waals surface area contributed by atoms with Crippen molar-refractivity contribution in [2.75, 3.05) is 76.6 Å². The van der Waals surface area contributed by atoms with Crippen molar-refractivity contribution in [2.45, 2.75) is 12.8 Å². The van der Waals surface area contributed by atoms with Crippen LogP contribution in [0.3, 0.4) is 0 Å². The average molecular weight is 659 g/mol. The number of benzene rings is 3. The monoisotopic (exact) mass is 658 g/mol. The molecule has 4 N–H and O–H groups in total. The normalized spacial score (nSPS) is 11.0. The second-order valence-electron chi connectivity index (χ2n) is 11.0. The van der Waals surface area contributed by atoms with E-state index in [1.165, 1.54) is 12.1 Å². The molecule has 0 saturated heterocycles. The van der Waals surface area contributed by atoms with Crippen molar-refractivity contribution in [2.24, 2.45) is 0 Å². The Labute approximate surface area is 279 Å². The first-order valence-electron chi connectivity index (χ1n) is 15.7. The molecule has 0 radical (unpaired) electrons. The van der Waals surface area contributed by atoms with Crippen LogP contribution in [0.2, 0.25) is 0 Å². The minimum Gasteiger partial charge on any atom is -0.478 e. The highest BCUT2D eigenvalue weighted by Crippen LogP contribution is 2.37. The van der Waals surface area contributed by atoms with Crippen molar-refractivity contribution in [3.8, 4) is 33.6 Å². The lowest BCUT2D eigenvalue weighted by Crippen LogP contribution is -2.33. The minimum atomic E-state index is -1.04. The standard InChI is InChI=1S/C36H42N4O8/c1-47-23-19-40(20-24-48-2)34-32(27-9-5-25(6-10-27)26-7-13-29(14-8-26)35(43)44)37-33(39(17-3-21-41)18-4-22-42)31(38-34)28-11-15-30(16-12-28)36(45)46/h5-16,41-42H,3-4,17-24H2,1-2H3,(H,43,44)(H,45,46). The number of anilines is 2. The summed E-state index contributed by atoms with van der Waals surface area (Å²) in [5.41, 5.74) is 4.66. The second kappa shape index (κ2) is 17.9. The van der Waals surface area contributed by atoms with Gasteiger partial charge in [-0.1, -0.05) is 48.5 Å². The van der Waals surface area contributed by atoms with Crippen LogP contribution in [0.25, 0.3) is 33.6 Å². The van der Waals surface area contributed by atoms with Gasteiger partial charge >= 0.3 is 11.9 Å². The van der Waals surface area contributed by atoms with E-state index >= 15 is 0 Å². The lowest BCUT2D eigenvalue weighted by Gasteiger charge is -2.30. The molecule has 3 aromatic carbocycles. The van der Waals surface area contributed by atoms with Crippen molar-refractivity contribution < 1.29 is 39.5 Å². The molecule has 1 heterocycles. The molecule has 0 bridgehead atoms. The van der Waals surface area contributed by atoms with E-state index < -0.39 is 11.9 Å². The van der Waals surface area contributed by atoms with Gasteiger partial charge < -0.3 is 39.7 Å². The molecule has 1 aromatic heterocycles. The Hall–Kier alpha value is -4.88. The zero-order chi connectivity index (χ0) is 34.5. The van der Waals surface area contributed by atoms with E-state index in [-0.39, 0.29) is 24.3 Å². The molecule has 0 unspecified atom stereocenters. The molecule has 4 aromatic rings. The van der Waals surface area contributed by atoms with Crippen LogP contribution in [0.15, 0.2) is 72.8 Å². The number of aromatic carboxylic acids is 2. The van der Waals surface area contributed by atoms with E-state index in [0.717, 1.165) is 16.7 Å². The van der Waals surface area contributed by atoms with Gasteiger partial charge in [-0.15, -0.1) is 0 Å². The SMILES string of the molecule is COCCN(CCOC)c1nc(-c2ccc(C(=O)O)cc2)c(N(CCCO)CCCO)nc1-c1ccc(-c2ccc(C(=O)O)cc2)cc1. The van der Waals surface area contributed by atoms with Crippen molar-refractivity contribution in [1.29, 1.82) is 0 Å². The number of nitrogens with zero attached hydrogens (tertiary/aromatic N) is 4. The maximum Gasteiger partial charge on any atom is 0.335 e. The van der Waals surface area contributed by atoms with E-state index in [1.54, 1.807) is 50.6 Å². The molecule has 254 valence electrons. The van der Waals surface area contributed by atoms with Crippen molar-refractivity contribution in [3.05, 3.63) is 83.9 Å². The number of aromatic nitrogens is 2.